The molecule has 0 bridgehead atoms. The molecular weight excluding hydrogens is 344 g/mol. The number of hydrogen-bond donors (Lipinski definition) is 2. The van der Waals surface area contributed by atoms with Crippen LogP contribution in [0, 0.1) is 5.92 Å². The summed E-state index contributed by atoms with van der Waals surface area (Å²) in [4.78, 5) is 17.3. The van der Waals surface area contributed by atoms with E-state index in [1.165, 1.54) is 7.11 Å². The standard InChI is InChI=1S/C20H22N4O3/c1-27-19-11-15(14-5-2-3-6-16(14)22-19)20(26)23-17-9-13(10-18(17)25)12-24-8-4-7-21-24/h2-8,11,13,17-18,25H,9-10,12H2,1H3,(H,23,26)/t13?,17-,18-/m1/s1. The van der Waals surface area contributed by atoms with Gasteiger partial charge in [-0.1, -0.05) is 18.2 Å². The van der Waals surface area contributed by atoms with Crippen LogP contribution in [0.3, 0.4) is 0 Å². The Kier molecular flexibility index (Phi) is 4.77. The molecule has 1 fully saturated rings. The van der Waals surface area contributed by atoms with Crippen LogP contribution >= 0.6 is 0 Å². The number of rotatable bonds is 5. The van der Waals surface area contributed by atoms with E-state index in [0.717, 1.165) is 11.9 Å². The predicted molar refractivity (Wildman–Crippen MR) is 101 cm³/mol. The fraction of sp³-hybridized carbons (Fsp3) is 0.350. The maximum atomic E-state index is 12.9. The van der Waals surface area contributed by atoms with E-state index in [-0.39, 0.29) is 17.9 Å². The van der Waals surface area contributed by atoms with Gasteiger partial charge in [0.1, 0.15) is 0 Å². The van der Waals surface area contributed by atoms with E-state index >= 15 is 0 Å². The number of carbonyl (C=O) groups excluding carboxylic acids is 1. The molecule has 0 radical (unpaired) electrons. The highest BCUT2D eigenvalue weighted by molar-refractivity contribution is 6.06. The first-order chi connectivity index (χ1) is 13.1. The third kappa shape index (κ3) is 3.64. The average molecular weight is 366 g/mol. The van der Waals surface area contributed by atoms with E-state index in [2.05, 4.69) is 15.4 Å². The SMILES string of the molecule is COc1cc(C(=O)N[C@@H]2CC(Cn3cccn3)C[C@H]2O)c2ccccc2n1. The third-order valence-electron chi connectivity index (χ3n) is 5.09. The molecule has 4 rings (SSSR count). The Bertz CT molecular complexity index is 942. The highest BCUT2D eigenvalue weighted by Crippen LogP contribution is 2.28. The molecule has 2 N–H and O–H groups in total. The Morgan fingerprint density at radius 2 is 2.19 bits per heavy atom. The second kappa shape index (κ2) is 7.36. The van der Waals surface area contributed by atoms with Gasteiger partial charge in [0.05, 0.1) is 30.3 Å². The van der Waals surface area contributed by atoms with E-state index in [1.54, 1.807) is 12.3 Å². The van der Waals surface area contributed by atoms with E-state index < -0.39 is 6.10 Å². The molecule has 0 spiro atoms. The number of aromatic nitrogens is 3. The fourth-order valence-corrected chi connectivity index (χ4v) is 3.79. The van der Waals surface area contributed by atoms with Gasteiger partial charge in [-0.2, -0.15) is 5.10 Å². The lowest BCUT2D eigenvalue weighted by molar-refractivity contribution is 0.0874. The number of amides is 1. The Morgan fingerprint density at radius 3 is 2.96 bits per heavy atom. The summed E-state index contributed by atoms with van der Waals surface area (Å²) in [5, 5.41) is 18.4. The summed E-state index contributed by atoms with van der Waals surface area (Å²) in [6.07, 6.45) is 4.45. The number of aliphatic hydroxyl groups is 1. The minimum atomic E-state index is -0.565. The highest BCUT2D eigenvalue weighted by atomic mass is 16.5. The van der Waals surface area contributed by atoms with Crippen molar-refractivity contribution in [1.29, 1.82) is 0 Å². The Labute approximate surface area is 157 Å². The molecule has 7 heteroatoms. The maximum Gasteiger partial charge on any atom is 0.252 e. The van der Waals surface area contributed by atoms with Crippen LogP contribution in [0.1, 0.15) is 23.2 Å². The summed E-state index contributed by atoms with van der Waals surface area (Å²) >= 11 is 0. The van der Waals surface area contributed by atoms with Crippen LogP contribution < -0.4 is 10.1 Å². The van der Waals surface area contributed by atoms with Gasteiger partial charge in [-0.3, -0.25) is 9.48 Å². The Balaban J connectivity index is 1.51. The van der Waals surface area contributed by atoms with Gasteiger partial charge in [0.2, 0.25) is 5.88 Å². The van der Waals surface area contributed by atoms with Crippen molar-refractivity contribution in [1.82, 2.24) is 20.1 Å². The highest BCUT2D eigenvalue weighted by Gasteiger charge is 2.34. The second-order valence-corrected chi connectivity index (χ2v) is 6.94. The number of pyridine rings is 1. The van der Waals surface area contributed by atoms with Crippen molar-refractivity contribution in [3.63, 3.8) is 0 Å². The first-order valence-corrected chi connectivity index (χ1v) is 9.04. The van der Waals surface area contributed by atoms with Gasteiger partial charge in [0, 0.05) is 30.4 Å². The minimum absolute atomic E-state index is 0.226. The van der Waals surface area contributed by atoms with Crippen molar-refractivity contribution in [2.24, 2.45) is 5.92 Å². The van der Waals surface area contributed by atoms with Crippen LogP contribution in [0.5, 0.6) is 5.88 Å². The van der Waals surface area contributed by atoms with Gasteiger partial charge >= 0.3 is 0 Å². The van der Waals surface area contributed by atoms with E-state index in [9.17, 15) is 9.90 Å². The quantitative estimate of drug-likeness (QED) is 0.721. The van der Waals surface area contributed by atoms with Gasteiger partial charge in [-0.15, -0.1) is 0 Å². The fourth-order valence-electron chi connectivity index (χ4n) is 3.79. The first-order valence-electron chi connectivity index (χ1n) is 9.04. The van der Waals surface area contributed by atoms with Crippen LogP contribution in [0.25, 0.3) is 10.9 Å². The lowest BCUT2D eigenvalue weighted by atomic mass is 10.1. The van der Waals surface area contributed by atoms with Crippen molar-refractivity contribution < 1.29 is 14.6 Å². The normalized spacial score (nSPS) is 22.1. The van der Waals surface area contributed by atoms with Crippen molar-refractivity contribution in [3.05, 3.63) is 54.4 Å². The number of hydrogen-bond acceptors (Lipinski definition) is 5. The van der Waals surface area contributed by atoms with Crippen molar-refractivity contribution >= 4 is 16.8 Å². The molecule has 0 aliphatic heterocycles. The molecule has 2 heterocycles. The number of benzene rings is 1. The largest absolute Gasteiger partial charge is 0.481 e. The number of ether oxygens (including phenoxy) is 1. The zero-order chi connectivity index (χ0) is 18.8. The topological polar surface area (TPSA) is 89.3 Å². The van der Waals surface area contributed by atoms with Crippen LogP contribution in [-0.2, 0) is 6.54 Å². The second-order valence-electron chi connectivity index (χ2n) is 6.94. The molecule has 3 aromatic rings. The van der Waals surface area contributed by atoms with Gasteiger partial charge in [0.15, 0.2) is 0 Å². The van der Waals surface area contributed by atoms with Crippen LogP contribution in [0.2, 0.25) is 0 Å². The summed E-state index contributed by atoms with van der Waals surface area (Å²) in [7, 11) is 1.53. The van der Waals surface area contributed by atoms with Crippen LogP contribution in [-0.4, -0.2) is 45.0 Å². The number of carbonyl (C=O) groups is 1. The molecular formula is C20H22N4O3. The summed E-state index contributed by atoms with van der Waals surface area (Å²) in [5.41, 5.74) is 1.20. The van der Waals surface area contributed by atoms with E-state index in [0.29, 0.717) is 29.8 Å². The number of nitrogens with zero attached hydrogens (tertiary/aromatic N) is 3. The Hall–Kier alpha value is -2.93. The average Bonchev–Trinajstić information content (AvgIpc) is 3.30. The number of nitrogens with one attached hydrogen (secondary N) is 1. The van der Waals surface area contributed by atoms with Crippen molar-refractivity contribution in [2.75, 3.05) is 7.11 Å². The molecule has 0 saturated heterocycles. The molecule has 27 heavy (non-hydrogen) atoms. The van der Waals surface area contributed by atoms with E-state index in [1.807, 2.05) is 41.2 Å². The zero-order valence-corrected chi connectivity index (χ0v) is 15.1. The predicted octanol–water partition coefficient (Wildman–Crippen LogP) is 2.01. The number of methoxy groups -OCH3 is 1. The van der Waals surface area contributed by atoms with E-state index in [4.69, 9.17) is 4.74 Å². The number of aliphatic hydroxyl groups excluding tert-OH is 1. The maximum absolute atomic E-state index is 12.9. The summed E-state index contributed by atoms with van der Waals surface area (Å²) in [5.74, 6) is 0.437. The molecule has 1 amide bonds. The van der Waals surface area contributed by atoms with Gasteiger partial charge in [-0.25, -0.2) is 4.98 Å². The smallest absolute Gasteiger partial charge is 0.252 e. The van der Waals surface area contributed by atoms with Gasteiger partial charge in [0.25, 0.3) is 5.91 Å². The molecule has 140 valence electrons. The zero-order valence-electron chi connectivity index (χ0n) is 15.1. The van der Waals surface area contributed by atoms with Crippen LogP contribution in [0.4, 0.5) is 0 Å². The molecule has 7 nitrogen and oxygen atoms in total. The molecule has 2 aromatic heterocycles. The number of para-hydroxylation sites is 1. The van der Waals surface area contributed by atoms with Crippen molar-refractivity contribution in [3.8, 4) is 5.88 Å². The Morgan fingerprint density at radius 1 is 1.33 bits per heavy atom. The van der Waals surface area contributed by atoms with Crippen LogP contribution in [0.15, 0.2) is 48.8 Å². The molecule has 1 aromatic carbocycles. The summed E-state index contributed by atoms with van der Waals surface area (Å²) in [6.45, 7) is 0.739. The molecule has 1 unspecified atom stereocenters. The monoisotopic (exact) mass is 366 g/mol. The first kappa shape index (κ1) is 17.5. The molecule has 3 atom stereocenters. The van der Waals surface area contributed by atoms with Crippen molar-refractivity contribution in [2.45, 2.75) is 31.5 Å². The van der Waals surface area contributed by atoms with Gasteiger partial charge < -0.3 is 15.2 Å². The lowest BCUT2D eigenvalue weighted by Gasteiger charge is -2.17. The summed E-state index contributed by atoms with van der Waals surface area (Å²) < 4.78 is 7.09. The molecule has 1 aliphatic rings. The van der Waals surface area contributed by atoms with Gasteiger partial charge in [-0.05, 0) is 30.9 Å². The minimum Gasteiger partial charge on any atom is -0.481 e. The third-order valence-corrected chi connectivity index (χ3v) is 5.09. The molecule has 1 saturated carbocycles. The molecule has 1 aliphatic carbocycles. The summed E-state index contributed by atoms with van der Waals surface area (Å²) in [6, 6.07) is 10.7. The lowest BCUT2D eigenvalue weighted by Crippen LogP contribution is -2.40. The number of fused-ring (bicyclic) bond motifs is 1.